The molecule has 1 aliphatic heterocycles. The van der Waals surface area contributed by atoms with Crippen molar-refractivity contribution in [2.75, 3.05) is 6.54 Å². The highest BCUT2D eigenvalue weighted by Crippen LogP contribution is 2.14. The van der Waals surface area contributed by atoms with Gasteiger partial charge in [-0.15, -0.1) is 0 Å². The van der Waals surface area contributed by atoms with E-state index in [4.69, 9.17) is 0 Å². The van der Waals surface area contributed by atoms with Crippen molar-refractivity contribution in [3.8, 4) is 0 Å². The largest absolute Gasteiger partial charge is 0.326 e. The summed E-state index contributed by atoms with van der Waals surface area (Å²) in [7, 11) is 0. The molecule has 0 aromatic rings. The first-order valence-electron chi connectivity index (χ1n) is 4.58. The Labute approximate surface area is 87.4 Å². The van der Waals surface area contributed by atoms with Crippen molar-refractivity contribution in [2.45, 2.75) is 13.8 Å². The topological polar surface area (TPSA) is 49.4 Å². The predicted molar refractivity (Wildman–Crippen MR) is 53.4 cm³/mol. The third kappa shape index (κ3) is 2.65. The third-order valence-electron chi connectivity index (χ3n) is 2.05. The Kier molecular flexibility index (Phi) is 3.24. The van der Waals surface area contributed by atoms with Crippen LogP contribution < -0.4 is 5.32 Å². The van der Waals surface area contributed by atoms with Crippen molar-refractivity contribution in [1.82, 2.24) is 10.2 Å². The number of hydrogen-bond acceptors (Lipinski definition) is 2. The second-order valence-electron chi connectivity index (χ2n) is 3.63. The zero-order chi connectivity index (χ0) is 11.6. The van der Waals surface area contributed by atoms with Crippen LogP contribution in [0.5, 0.6) is 0 Å². The van der Waals surface area contributed by atoms with Crippen LogP contribution in [0.4, 0.5) is 9.18 Å². The Morgan fingerprint density at radius 2 is 2.27 bits per heavy atom. The number of carbonyl (C=O) groups excluding carboxylic acids is 2. The summed E-state index contributed by atoms with van der Waals surface area (Å²) in [6, 6.07) is -0.532. The Morgan fingerprint density at radius 1 is 1.67 bits per heavy atom. The number of hydrogen-bond donors (Lipinski definition) is 1. The summed E-state index contributed by atoms with van der Waals surface area (Å²) in [5.41, 5.74) is -0.0757. The molecule has 0 saturated carbocycles. The first-order valence-corrected chi connectivity index (χ1v) is 4.58. The summed E-state index contributed by atoms with van der Waals surface area (Å²) in [6.07, 6.45) is 0.988. The van der Waals surface area contributed by atoms with E-state index in [1.807, 2.05) is 0 Å². The van der Waals surface area contributed by atoms with Gasteiger partial charge in [-0.25, -0.2) is 9.18 Å². The molecule has 1 rings (SSSR count). The molecule has 2 amide bonds. The molecular formula is C10H13FN2O2. The van der Waals surface area contributed by atoms with E-state index in [1.165, 1.54) is 0 Å². The maximum absolute atomic E-state index is 13.0. The number of allylic oxidation sites excluding steroid dienone is 1. The van der Waals surface area contributed by atoms with Gasteiger partial charge in [0.1, 0.15) is 0 Å². The smallest absolute Gasteiger partial charge is 0.305 e. The second-order valence-corrected chi connectivity index (χ2v) is 3.63. The normalized spacial score (nSPS) is 16.5. The minimum atomic E-state index is -0.633. The zero-order valence-corrected chi connectivity index (χ0v) is 8.71. The number of ketones is 1. The second kappa shape index (κ2) is 4.25. The molecule has 0 aromatic carbocycles. The molecule has 1 aliphatic rings. The number of nitrogens with zero attached hydrogens (tertiary/aromatic N) is 1. The summed E-state index contributed by atoms with van der Waals surface area (Å²) in [4.78, 5) is 23.7. The van der Waals surface area contributed by atoms with Crippen LogP contribution >= 0.6 is 0 Å². The maximum atomic E-state index is 13.0. The number of urea groups is 1. The Balaban J connectivity index is 2.74. The van der Waals surface area contributed by atoms with Crippen LogP contribution in [0.25, 0.3) is 0 Å². The molecule has 0 saturated heterocycles. The highest BCUT2D eigenvalue weighted by atomic mass is 19.1. The molecule has 1 N–H and O–H groups in total. The molecule has 0 aliphatic carbocycles. The Hall–Kier alpha value is -1.65. The van der Waals surface area contributed by atoms with Gasteiger partial charge in [-0.1, -0.05) is 20.4 Å². The highest BCUT2D eigenvalue weighted by Gasteiger charge is 2.23. The average molecular weight is 212 g/mol. The lowest BCUT2D eigenvalue weighted by atomic mass is 10.1. The summed E-state index contributed by atoms with van der Waals surface area (Å²) >= 11 is 0. The quantitative estimate of drug-likeness (QED) is 0.771. The fourth-order valence-corrected chi connectivity index (χ4v) is 1.00. The van der Waals surface area contributed by atoms with Crippen molar-refractivity contribution in [3.05, 3.63) is 24.3 Å². The molecule has 0 bridgehead atoms. The van der Waals surface area contributed by atoms with Crippen LogP contribution in [0.3, 0.4) is 0 Å². The molecule has 0 fully saturated rings. The number of halogens is 1. The van der Waals surface area contributed by atoms with E-state index in [1.54, 1.807) is 13.8 Å². The molecule has 0 aromatic heterocycles. The Morgan fingerprint density at radius 3 is 2.80 bits per heavy atom. The van der Waals surface area contributed by atoms with Gasteiger partial charge in [-0.3, -0.25) is 9.69 Å². The zero-order valence-electron chi connectivity index (χ0n) is 8.71. The van der Waals surface area contributed by atoms with Crippen molar-refractivity contribution in [1.29, 1.82) is 0 Å². The van der Waals surface area contributed by atoms with Crippen LogP contribution in [0.15, 0.2) is 24.3 Å². The summed E-state index contributed by atoms with van der Waals surface area (Å²) in [5, 5.41) is 2.22. The van der Waals surface area contributed by atoms with Gasteiger partial charge in [0.15, 0.2) is 11.6 Å². The van der Waals surface area contributed by atoms with Crippen LogP contribution in [-0.4, -0.2) is 23.3 Å². The Bertz CT molecular complexity index is 347. The van der Waals surface area contributed by atoms with E-state index >= 15 is 0 Å². The summed E-state index contributed by atoms with van der Waals surface area (Å²) < 4.78 is 13.0. The molecule has 0 atom stereocenters. The molecule has 0 radical (unpaired) electrons. The molecule has 1 heterocycles. The summed E-state index contributed by atoms with van der Waals surface area (Å²) in [5.74, 6) is -0.938. The van der Waals surface area contributed by atoms with Crippen molar-refractivity contribution < 1.29 is 14.0 Å². The van der Waals surface area contributed by atoms with Gasteiger partial charge in [-0.2, -0.15) is 0 Å². The fourth-order valence-electron chi connectivity index (χ4n) is 1.00. The van der Waals surface area contributed by atoms with E-state index in [0.717, 1.165) is 11.1 Å². The first kappa shape index (κ1) is 11.4. The van der Waals surface area contributed by atoms with Gasteiger partial charge in [0.05, 0.1) is 12.2 Å². The molecule has 82 valence electrons. The van der Waals surface area contributed by atoms with Gasteiger partial charge < -0.3 is 5.32 Å². The maximum Gasteiger partial charge on any atom is 0.326 e. The minimum Gasteiger partial charge on any atom is -0.305 e. The van der Waals surface area contributed by atoms with Crippen molar-refractivity contribution >= 4 is 11.8 Å². The van der Waals surface area contributed by atoms with Crippen LogP contribution in [0.1, 0.15) is 13.8 Å². The summed E-state index contributed by atoms with van der Waals surface area (Å²) in [6.45, 7) is 6.64. The lowest BCUT2D eigenvalue weighted by molar-refractivity contribution is -0.122. The van der Waals surface area contributed by atoms with E-state index in [9.17, 15) is 14.0 Å². The van der Waals surface area contributed by atoms with Crippen LogP contribution in [0, 0.1) is 5.92 Å². The van der Waals surface area contributed by atoms with Crippen LogP contribution in [0.2, 0.25) is 0 Å². The van der Waals surface area contributed by atoms with Gasteiger partial charge in [0.2, 0.25) is 0 Å². The molecule has 4 nitrogen and oxygen atoms in total. The highest BCUT2D eigenvalue weighted by molar-refractivity contribution is 5.88. The predicted octanol–water partition coefficient (Wildman–Crippen LogP) is 1.56. The lowest BCUT2D eigenvalue weighted by Gasteiger charge is -2.24. The van der Waals surface area contributed by atoms with Gasteiger partial charge in [-0.05, 0) is 0 Å². The molecule has 5 heteroatoms. The SMILES string of the molecule is C=C1NC(=O)N(CC(=O)C(C)C)C=C1F. The van der Waals surface area contributed by atoms with Gasteiger partial charge in [0, 0.05) is 12.1 Å². The van der Waals surface area contributed by atoms with E-state index < -0.39 is 11.9 Å². The van der Waals surface area contributed by atoms with E-state index in [-0.39, 0.29) is 23.9 Å². The number of rotatable bonds is 3. The number of nitrogens with one attached hydrogen (secondary N) is 1. The van der Waals surface area contributed by atoms with E-state index in [2.05, 4.69) is 11.9 Å². The molecular weight excluding hydrogens is 199 g/mol. The average Bonchev–Trinajstić information content (AvgIpc) is 2.13. The standard InChI is InChI=1S/C10H13FN2O2/c1-6(2)9(14)5-13-4-8(11)7(3)12-10(13)15/h4,6H,3,5H2,1-2H3,(H,12,15). The molecule has 0 spiro atoms. The number of amides is 2. The lowest BCUT2D eigenvalue weighted by Crippen LogP contribution is -2.43. The number of Topliss-reactive ketones (excluding diaryl/α,β-unsaturated/α-hetero) is 1. The number of carbonyl (C=O) groups is 2. The molecule has 15 heavy (non-hydrogen) atoms. The van der Waals surface area contributed by atoms with Gasteiger partial charge in [0.25, 0.3) is 0 Å². The fraction of sp³-hybridized carbons (Fsp3) is 0.400. The van der Waals surface area contributed by atoms with Gasteiger partial charge >= 0.3 is 6.03 Å². The van der Waals surface area contributed by atoms with E-state index in [0.29, 0.717) is 0 Å². The monoisotopic (exact) mass is 212 g/mol. The minimum absolute atomic E-state index is 0.0757. The third-order valence-corrected chi connectivity index (χ3v) is 2.05. The van der Waals surface area contributed by atoms with Crippen molar-refractivity contribution in [3.63, 3.8) is 0 Å². The van der Waals surface area contributed by atoms with Crippen LogP contribution in [-0.2, 0) is 4.79 Å². The molecule has 0 unspecified atom stereocenters. The van der Waals surface area contributed by atoms with Crippen molar-refractivity contribution in [2.24, 2.45) is 5.92 Å². The first-order chi connectivity index (χ1) is 6.91.